The van der Waals surface area contributed by atoms with Crippen LogP contribution in [0.3, 0.4) is 0 Å². The Kier molecular flexibility index (Phi) is 5.59. The standard InChI is InChI=1S/C17H19BrN4S/c18-15-2-1-3-16(12-15)20-17(23)22-10-8-21(9-11-22)13-14-4-6-19-7-5-14/h1-7,12H,8-11,13H2,(H,20,23)/p+1. The van der Waals surface area contributed by atoms with Gasteiger partial charge in [-0.2, -0.15) is 0 Å². The lowest BCUT2D eigenvalue weighted by molar-refractivity contribution is -0.917. The molecule has 4 nitrogen and oxygen atoms in total. The number of halogens is 1. The van der Waals surface area contributed by atoms with Crippen LogP contribution in [-0.2, 0) is 6.54 Å². The molecule has 120 valence electrons. The van der Waals surface area contributed by atoms with Crippen LogP contribution in [0.25, 0.3) is 0 Å². The molecule has 1 aliphatic rings. The first-order valence-corrected chi connectivity index (χ1v) is 8.95. The third-order valence-electron chi connectivity index (χ3n) is 4.04. The van der Waals surface area contributed by atoms with E-state index >= 15 is 0 Å². The van der Waals surface area contributed by atoms with Crippen molar-refractivity contribution in [2.24, 2.45) is 0 Å². The number of anilines is 1. The molecule has 0 spiro atoms. The van der Waals surface area contributed by atoms with Gasteiger partial charge in [-0.05, 0) is 42.5 Å². The maximum absolute atomic E-state index is 5.55. The molecule has 6 heteroatoms. The van der Waals surface area contributed by atoms with E-state index in [1.807, 2.05) is 36.7 Å². The zero-order valence-corrected chi connectivity index (χ0v) is 15.2. The number of hydrogen-bond donors (Lipinski definition) is 2. The lowest BCUT2D eigenvalue weighted by Crippen LogP contribution is -3.13. The molecular weight excluding hydrogens is 372 g/mol. The Morgan fingerprint density at radius 2 is 1.96 bits per heavy atom. The number of pyridine rings is 1. The first-order chi connectivity index (χ1) is 11.2. The van der Waals surface area contributed by atoms with Gasteiger partial charge in [0.1, 0.15) is 6.54 Å². The number of rotatable bonds is 3. The molecule has 2 aromatic rings. The molecule has 1 aromatic heterocycles. The zero-order valence-electron chi connectivity index (χ0n) is 12.8. The monoisotopic (exact) mass is 391 g/mol. The fourth-order valence-electron chi connectivity index (χ4n) is 2.76. The van der Waals surface area contributed by atoms with E-state index in [4.69, 9.17) is 12.2 Å². The van der Waals surface area contributed by atoms with Crippen LogP contribution in [-0.4, -0.2) is 41.2 Å². The third-order valence-corrected chi connectivity index (χ3v) is 4.89. The molecule has 1 aromatic carbocycles. The minimum absolute atomic E-state index is 0.811. The predicted molar refractivity (Wildman–Crippen MR) is 101 cm³/mol. The minimum Gasteiger partial charge on any atom is -0.338 e. The summed E-state index contributed by atoms with van der Waals surface area (Å²) in [5.41, 5.74) is 2.37. The lowest BCUT2D eigenvalue weighted by atomic mass is 10.2. The van der Waals surface area contributed by atoms with E-state index in [-0.39, 0.29) is 0 Å². The molecule has 0 amide bonds. The number of quaternary nitrogens is 1. The van der Waals surface area contributed by atoms with Crippen LogP contribution >= 0.6 is 28.1 Å². The highest BCUT2D eigenvalue weighted by atomic mass is 79.9. The molecule has 23 heavy (non-hydrogen) atoms. The predicted octanol–water partition coefficient (Wildman–Crippen LogP) is 1.94. The number of aromatic nitrogens is 1. The van der Waals surface area contributed by atoms with Gasteiger partial charge in [0.05, 0.1) is 26.2 Å². The van der Waals surface area contributed by atoms with Crippen LogP contribution in [0.5, 0.6) is 0 Å². The van der Waals surface area contributed by atoms with Gasteiger partial charge in [-0.25, -0.2) is 0 Å². The summed E-state index contributed by atoms with van der Waals surface area (Å²) in [4.78, 5) is 7.92. The van der Waals surface area contributed by atoms with E-state index in [0.29, 0.717) is 0 Å². The maximum atomic E-state index is 5.55. The molecule has 0 atom stereocenters. The van der Waals surface area contributed by atoms with Gasteiger partial charge in [-0.15, -0.1) is 0 Å². The lowest BCUT2D eigenvalue weighted by Gasteiger charge is -2.33. The van der Waals surface area contributed by atoms with Crippen molar-refractivity contribution < 1.29 is 4.90 Å². The normalized spacial score (nSPS) is 15.4. The van der Waals surface area contributed by atoms with E-state index < -0.39 is 0 Å². The molecule has 1 aliphatic heterocycles. The van der Waals surface area contributed by atoms with Crippen molar-refractivity contribution in [1.82, 2.24) is 9.88 Å². The third kappa shape index (κ3) is 4.73. The molecular formula is C17H20BrN4S+. The Balaban J connectivity index is 1.49. The molecule has 3 rings (SSSR count). The molecule has 1 saturated heterocycles. The Morgan fingerprint density at radius 3 is 2.65 bits per heavy atom. The van der Waals surface area contributed by atoms with Gasteiger partial charge in [0, 0.05) is 28.1 Å². The first-order valence-electron chi connectivity index (χ1n) is 7.75. The van der Waals surface area contributed by atoms with Gasteiger partial charge in [0.15, 0.2) is 5.11 Å². The number of nitrogens with zero attached hydrogens (tertiary/aromatic N) is 2. The fourth-order valence-corrected chi connectivity index (χ4v) is 3.46. The number of piperazine rings is 1. The van der Waals surface area contributed by atoms with Crippen LogP contribution in [0.15, 0.2) is 53.3 Å². The SMILES string of the molecule is S=C(Nc1cccc(Br)c1)N1CC[NH+](Cc2ccncc2)CC1. The highest BCUT2D eigenvalue weighted by Gasteiger charge is 2.21. The summed E-state index contributed by atoms with van der Waals surface area (Å²) in [6.45, 7) is 5.23. The summed E-state index contributed by atoms with van der Waals surface area (Å²) in [5.74, 6) is 0. The first kappa shape index (κ1) is 16.4. The summed E-state index contributed by atoms with van der Waals surface area (Å²) < 4.78 is 1.05. The summed E-state index contributed by atoms with van der Waals surface area (Å²) in [6.07, 6.45) is 3.73. The van der Waals surface area contributed by atoms with Gasteiger partial charge in [0.25, 0.3) is 0 Å². The van der Waals surface area contributed by atoms with Crippen molar-refractivity contribution in [3.8, 4) is 0 Å². The fraction of sp³-hybridized carbons (Fsp3) is 0.294. The minimum atomic E-state index is 0.811. The summed E-state index contributed by atoms with van der Waals surface area (Å²) >= 11 is 9.03. The Hall–Kier alpha value is -1.50. The van der Waals surface area contributed by atoms with E-state index in [0.717, 1.165) is 48.0 Å². The molecule has 0 saturated carbocycles. The summed E-state index contributed by atoms with van der Waals surface area (Å²) in [6, 6.07) is 12.3. The van der Waals surface area contributed by atoms with Crippen LogP contribution in [0, 0.1) is 0 Å². The van der Waals surface area contributed by atoms with E-state index in [9.17, 15) is 0 Å². The van der Waals surface area contributed by atoms with E-state index in [1.165, 1.54) is 5.56 Å². The highest BCUT2D eigenvalue weighted by Crippen LogP contribution is 2.16. The number of thiocarbonyl (C=S) groups is 1. The Labute approximate surface area is 150 Å². The van der Waals surface area contributed by atoms with Gasteiger partial charge >= 0.3 is 0 Å². The van der Waals surface area contributed by atoms with E-state index in [2.05, 4.69) is 43.3 Å². The highest BCUT2D eigenvalue weighted by molar-refractivity contribution is 9.10. The molecule has 0 unspecified atom stereocenters. The van der Waals surface area contributed by atoms with Gasteiger partial charge in [-0.1, -0.05) is 22.0 Å². The summed E-state index contributed by atoms with van der Waals surface area (Å²) in [5, 5.41) is 4.14. The van der Waals surface area contributed by atoms with E-state index in [1.54, 1.807) is 4.90 Å². The molecule has 0 radical (unpaired) electrons. The van der Waals surface area contributed by atoms with Gasteiger partial charge in [0.2, 0.25) is 0 Å². The Morgan fingerprint density at radius 1 is 1.22 bits per heavy atom. The van der Waals surface area contributed by atoms with Crippen LogP contribution in [0.2, 0.25) is 0 Å². The van der Waals surface area contributed by atoms with Gasteiger partial charge < -0.3 is 15.1 Å². The maximum Gasteiger partial charge on any atom is 0.173 e. The molecule has 0 aliphatic carbocycles. The second kappa shape index (κ2) is 7.86. The van der Waals surface area contributed by atoms with Crippen LogP contribution < -0.4 is 10.2 Å². The van der Waals surface area contributed by atoms with Crippen molar-refractivity contribution in [2.45, 2.75) is 6.54 Å². The smallest absolute Gasteiger partial charge is 0.173 e. The topological polar surface area (TPSA) is 32.6 Å². The largest absolute Gasteiger partial charge is 0.338 e. The summed E-state index contributed by atoms with van der Waals surface area (Å²) in [7, 11) is 0. The quantitative estimate of drug-likeness (QED) is 0.783. The van der Waals surface area contributed by atoms with Crippen LogP contribution in [0.1, 0.15) is 5.56 Å². The average Bonchev–Trinajstić information content (AvgIpc) is 2.56. The number of benzene rings is 1. The molecule has 2 heterocycles. The van der Waals surface area contributed by atoms with Gasteiger partial charge in [-0.3, -0.25) is 4.98 Å². The average molecular weight is 392 g/mol. The molecule has 1 fully saturated rings. The Bertz CT molecular complexity index is 657. The second-order valence-corrected chi connectivity index (χ2v) is 7.01. The number of hydrogen-bond acceptors (Lipinski definition) is 2. The number of nitrogens with one attached hydrogen (secondary N) is 2. The molecule has 2 N–H and O–H groups in total. The van der Waals surface area contributed by atoms with Crippen molar-refractivity contribution >= 4 is 38.9 Å². The van der Waals surface area contributed by atoms with Crippen molar-refractivity contribution in [1.29, 1.82) is 0 Å². The van der Waals surface area contributed by atoms with Crippen LogP contribution in [0.4, 0.5) is 5.69 Å². The van der Waals surface area contributed by atoms with Crippen molar-refractivity contribution in [2.75, 3.05) is 31.5 Å². The second-order valence-electron chi connectivity index (χ2n) is 5.71. The molecule has 0 bridgehead atoms. The van der Waals surface area contributed by atoms with Crippen molar-refractivity contribution in [3.63, 3.8) is 0 Å². The van der Waals surface area contributed by atoms with Crippen molar-refractivity contribution in [3.05, 3.63) is 58.8 Å². The zero-order chi connectivity index (χ0) is 16.1.